The van der Waals surface area contributed by atoms with Crippen molar-refractivity contribution in [1.82, 2.24) is 0 Å². The second kappa shape index (κ2) is 7.22. The molecule has 0 bridgehead atoms. The van der Waals surface area contributed by atoms with Gasteiger partial charge in [-0.25, -0.2) is 8.78 Å². The van der Waals surface area contributed by atoms with Gasteiger partial charge in [0.05, 0.1) is 0 Å². The summed E-state index contributed by atoms with van der Waals surface area (Å²) in [5.74, 6) is -1.91. The summed E-state index contributed by atoms with van der Waals surface area (Å²) in [6, 6.07) is 9.91. The minimum atomic E-state index is -0.891. The van der Waals surface area contributed by atoms with Crippen LogP contribution >= 0.6 is 11.6 Å². The first-order chi connectivity index (χ1) is 10.5. The lowest BCUT2D eigenvalue weighted by molar-refractivity contribution is -0.122. The van der Waals surface area contributed by atoms with Gasteiger partial charge in [-0.15, -0.1) is 0 Å². The van der Waals surface area contributed by atoms with Crippen LogP contribution in [0.1, 0.15) is 13.3 Å². The molecule has 3 nitrogen and oxygen atoms in total. The van der Waals surface area contributed by atoms with Crippen LogP contribution < -0.4 is 10.1 Å². The van der Waals surface area contributed by atoms with Crippen molar-refractivity contribution in [1.29, 1.82) is 0 Å². The zero-order chi connectivity index (χ0) is 16.1. The first kappa shape index (κ1) is 16.2. The summed E-state index contributed by atoms with van der Waals surface area (Å²) in [7, 11) is 0. The van der Waals surface area contributed by atoms with E-state index in [1.807, 2.05) is 0 Å². The molecule has 0 saturated heterocycles. The van der Waals surface area contributed by atoms with E-state index in [0.717, 1.165) is 12.1 Å². The third-order valence-corrected chi connectivity index (χ3v) is 3.18. The summed E-state index contributed by atoms with van der Waals surface area (Å²) in [5, 5.41) is 2.68. The number of amides is 1. The van der Waals surface area contributed by atoms with Gasteiger partial charge < -0.3 is 10.1 Å². The Labute approximate surface area is 131 Å². The Morgan fingerprint density at radius 1 is 1.23 bits per heavy atom. The van der Waals surface area contributed by atoms with Crippen LogP contribution in [0.2, 0.25) is 5.02 Å². The predicted molar refractivity (Wildman–Crippen MR) is 81.1 cm³/mol. The number of ether oxygens (including phenoxy) is 1. The third kappa shape index (κ3) is 3.95. The maximum absolute atomic E-state index is 13.5. The van der Waals surface area contributed by atoms with Gasteiger partial charge >= 0.3 is 0 Å². The maximum atomic E-state index is 13.5. The number of benzene rings is 2. The molecule has 22 heavy (non-hydrogen) atoms. The fraction of sp³-hybridized carbons (Fsp3) is 0.188. The lowest BCUT2D eigenvalue weighted by atomic mass is 10.2. The fourth-order valence-corrected chi connectivity index (χ4v) is 2.03. The summed E-state index contributed by atoms with van der Waals surface area (Å²) in [6.07, 6.45) is -0.563. The second-order valence-corrected chi connectivity index (χ2v) is 4.99. The number of carbonyl (C=O) groups is 1. The molecule has 0 aromatic heterocycles. The zero-order valence-corrected chi connectivity index (χ0v) is 12.5. The quantitative estimate of drug-likeness (QED) is 0.884. The van der Waals surface area contributed by atoms with E-state index >= 15 is 0 Å². The van der Waals surface area contributed by atoms with Crippen molar-refractivity contribution in [3.63, 3.8) is 0 Å². The van der Waals surface area contributed by atoms with Gasteiger partial charge in [-0.1, -0.05) is 30.7 Å². The Bertz CT molecular complexity index is 659. The van der Waals surface area contributed by atoms with Crippen LogP contribution in [0.15, 0.2) is 42.5 Å². The summed E-state index contributed by atoms with van der Waals surface area (Å²) in [5.41, 5.74) is -0.486. The number of rotatable bonds is 5. The molecule has 0 radical (unpaired) electrons. The number of hydrogen-bond donors (Lipinski definition) is 1. The van der Waals surface area contributed by atoms with E-state index in [-0.39, 0.29) is 0 Å². The number of carbonyl (C=O) groups excluding carboxylic acids is 1. The molecule has 0 aliphatic carbocycles. The maximum Gasteiger partial charge on any atom is 0.265 e. The SMILES string of the molecule is CC[C@H](Oc1cccc(Cl)c1)C(=O)Nc1c(F)cccc1F. The van der Waals surface area contributed by atoms with Crippen molar-refractivity contribution in [2.75, 3.05) is 5.32 Å². The smallest absolute Gasteiger partial charge is 0.265 e. The third-order valence-electron chi connectivity index (χ3n) is 2.95. The summed E-state index contributed by atoms with van der Waals surface area (Å²) in [4.78, 5) is 12.1. The molecule has 0 aliphatic rings. The van der Waals surface area contributed by atoms with Crippen LogP contribution in [0, 0.1) is 11.6 Å². The van der Waals surface area contributed by atoms with E-state index in [0.29, 0.717) is 17.2 Å². The Kier molecular flexibility index (Phi) is 5.33. The molecule has 1 N–H and O–H groups in total. The molecule has 0 aliphatic heterocycles. The van der Waals surface area contributed by atoms with E-state index in [4.69, 9.17) is 16.3 Å². The van der Waals surface area contributed by atoms with Crippen LogP contribution in [0.4, 0.5) is 14.5 Å². The number of anilines is 1. The lowest BCUT2D eigenvalue weighted by Gasteiger charge is -2.18. The van der Waals surface area contributed by atoms with Crippen LogP contribution in [0.3, 0.4) is 0 Å². The van der Waals surface area contributed by atoms with E-state index < -0.39 is 29.3 Å². The molecule has 2 aromatic carbocycles. The highest BCUT2D eigenvalue weighted by Crippen LogP contribution is 2.21. The first-order valence-corrected chi connectivity index (χ1v) is 7.06. The van der Waals surface area contributed by atoms with E-state index in [2.05, 4.69) is 5.32 Å². The monoisotopic (exact) mass is 325 g/mol. The molecule has 116 valence electrons. The molecule has 0 heterocycles. The minimum Gasteiger partial charge on any atom is -0.481 e. The normalized spacial score (nSPS) is 11.8. The topological polar surface area (TPSA) is 38.3 Å². The highest BCUT2D eigenvalue weighted by atomic mass is 35.5. The van der Waals surface area contributed by atoms with Crippen LogP contribution in [-0.2, 0) is 4.79 Å². The summed E-state index contributed by atoms with van der Waals surface area (Å²) >= 11 is 5.84. The fourth-order valence-electron chi connectivity index (χ4n) is 1.85. The van der Waals surface area contributed by atoms with Crippen LogP contribution in [-0.4, -0.2) is 12.0 Å². The zero-order valence-electron chi connectivity index (χ0n) is 11.8. The van der Waals surface area contributed by atoms with Crippen molar-refractivity contribution >= 4 is 23.2 Å². The molecule has 0 fully saturated rings. The van der Waals surface area contributed by atoms with Gasteiger partial charge in [0.15, 0.2) is 6.10 Å². The highest BCUT2D eigenvalue weighted by Gasteiger charge is 2.21. The Morgan fingerprint density at radius 3 is 2.45 bits per heavy atom. The van der Waals surface area contributed by atoms with Gasteiger partial charge in [0.1, 0.15) is 23.1 Å². The highest BCUT2D eigenvalue weighted by molar-refractivity contribution is 6.30. The minimum absolute atomic E-state index is 0.328. The number of nitrogens with one attached hydrogen (secondary N) is 1. The van der Waals surface area contributed by atoms with Gasteiger partial charge in [-0.05, 0) is 36.8 Å². The van der Waals surface area contributed by atoms with Crippen molar-refractivity contribution < 1.29 is 18.3 Å². The van der Waals surface area contributed by atoms with Crippen LogP contribution in [0.5, 0.6) is 5.75 Å². The number of para-hydroxylation sites is 1. The molecule has 2 aromatic rings. The molecular weight excluding hydrogens is 312 g/mol. The molecule has 2 rings (SSSR count). The summed E-state index contributed by atoms with van der Waals surface area (Å²) < 4.78 is 32.6. The van der Waals surface area contributed by atoms with Gasteiger partial charge in [0.2, 0.25) is 0 Å². The van der Waals surface area contributed by atoms with Crippen molar-refractivity contribution in [2.24, 2.45) is 0 Å². The average molecular weight is 326 g/mol. The Hall–Kier alpha value is -2.14. The number of hydrogen-bond acceptors (Lipinski definition) is 2. The second-order valence-electron chi connectivity index (χ2n) is 4.56. The number of halogens is 3. The van der Waals surface area contributed by atoms with E-state index in [1.54, 1.807) is 31.2 Å². The van der Waals surface area contributed by atoms with Crippen molar-refractivity contribution in [2.45, 2.75) is 19.4 Å². The molecule has 1 atom stereocenters. The average Bonchev–Trinajstić information content (AvgIpc) is 2.48. The molecule has 1 amide bonds. The van der Waals surface area contributed by atoms with Crippen molar-refractivity contribution in [3.05, 3.63) is 59.1 Å². The molecule has 0 unspecified atom stereocenters. The van der Waals surface area contributed by atoms with Crippen molar-refractivity contribution in [3.8, 4) is 5.75 Å². The Balaban J connectivity index is 2.12. The molecular formula is C16H14ClF2NO2. The first-order valence-electron chi connectivity index (χ1n) is 6.68. The standard InChI is InChI=1S/C16H14ClF2NO2/c1-2-14(22-11-6-3-5-10(17)9-11)16(21)20-15-12(18)7-4-8-13(15)19/h3-9,14H,2H2,1H3,(H,20,21)/t14-/m0/s1. The van der Waals surface area contributed by atoms with Gasteiger partial charge in [0.25, 0.3) is 5.91 Å². The predicted octanol–water partition coefficient (Wildman–Crippen LogP) is 4.41. The molecule has 6 heteroatoms. The van der Waals surface area contributed by atoms with Gasteiger partial charge in [-0.3, -0.25) is 4.79 Å². The van der Waals surface area contributed by atoms with Gasteiger partial charge in [-0.2, -0.15) is 0 Å². The largest absolute Gasteiger partial charge is 0.481 e. The van der Waals surface area contributed by atoms with E-state index in [9.17, 15) is 13.6 Å². The molecule has 0 spiro atoms. The van der Waals surface area contributed by atoms with Crippen LogP contribution in [0.25, 0.3) is 0 Å². The van der Waals surface area contributed by atoms with E-state index in [1.165, 1.54) is 6.07 Å². The molecule has 0 saturated carbocycles. The summed E-state index contributed by atoms with van der Waals surface area (Å²) in [6.45, 7) is 1.73. The van der Waals surface area contributed by atoms with Gasteiger partial charge in [0, 0.05) is 5.02 Å². The Morgan fingerprint density at radius 2 is 1.86 bits per heavy atom. The lowest BCUT2D eigenvalue weighted by Crippen LogP contribution is -2.33.